The number of nitrogens with zero attached hydrogens (tertiary/aromatic N) is 1. The van der Waals surface area contributed by atoms with Crippen LogP contribution in [0.1, 0.15) is 56.1 Å². The van der Waals surface area contributed by atoms with Gasteiger partial charge in [-0.3, -0.25) is 9.59 Å². The molecule has 1 aliphatic heterocycles. The van der Waals surface area contributed by atoms with Gasteiger partial charge in [-0.05, 0) is 68.2 Å². The fraction of sp³-hybridized carbons (Fsp3) is 0.619. The van der Waals surface area contributed by atoms with Gasteiger partial charge in [-0.1, -0.05) is 6.07 Å². The van der Waals surface area contributed by atoms with Crippen LogP contribution in [0.2, 0.25) is 0 Å². The van der Waals surface area contributed by atoms with Crippen molar-refractivity contribution in [2.75, 3.05) is 26.8 Å². The summed E-state index contributed by atoms with van der Waals surface area (Å²) in [5.41, 5.74) is 2.61. The Kier molecular flexibility index (Phi) is 6.17. The summed E-state index contributed by atoms with van der Waals surface area (Å²) in [6.45, 7) is 3.56. The molecule has 1 unspecified atom stereocenters. The molecule has 142 valence electrons. The van der Waals surface area contributed by atoms with E-state index >= 15 is 0 Å². The highest BCUT2D eigenvalue weighted by molar-refractivity contribution is 5.78. The standard InChI is InChI=1S/C21H29NO4/c1-3-26-21(24)15-9-11-22(12-10-15)20(23)14-17-6-4-5-16-13-18(25-2)7-8-19(16)17/h7-8,13,15,17H,3-6,9-12,14H2,1-2H3. The quantitative estimate of drug-likeness (QED) is 0.757. The minimum absolute atomic E-state index is 0.0538. The number of benzene rings is 1. The Hall–Kier alpha value is -2.04. The van der Waals surface area contributed by atoms with Crippen LogP contribution in [0.5, 0.6) is 5.75 Å². The van der Waals surface area contributed by atoms with E-state index in [0.717, 1.165) is 25.0 Å². The zero-order valence-corrected chi connectivity index (χ0v) is 15.8. The van der Waals surface area contributed by atoms with E-state index in [1.165, 1.54) is 11.1 Å². The number of fused-ring (bicyclic) bond motifs is 1. The summed E-state index contributed by atoms with van der Waals surface area (Å²) in [5.74, 6) is 1.22. The molecule has 1 aromatic rings. The van der Waals surface area contributed by atoms with Crippen LogP contribution in [0.15, 0.2) is 18.2 Å². The number of rotatable bonds is 5. The van der Waals surface area contributed by atoms with Crippen molar-refractivity contribution < 1.29 is 19.1 Å². The lowest BCUT2D eigenvalue weighted by Crippen LogP contribution is -2.41. The first-order valence-electron chi connectivity index (χ1n) is 9.73. The van der Waals surface area contributed by atoms with Gasteiger partial charge in [0.05, 0.1) is 19.6 Å². The van der Waals surface area contributed by atoms with Gasteiger partial charge < -0.3 is 14.4 Å². The highest BCUT2D eigenvalue weighted by Gasteiger charge is 2.30. The van der Waals surface area contributed by atoms with E-state index in [2.05, 4.69) is 12.1 Å². The van der Waals surface area contributed by atoms with E-state index in [1.54, 1.807) is 7.11 Å². The Bertz CT molecular complexity index is 649. The number of amides is 1. The van der Waals surface area contributed by atoms with Crippen LogP contribution < -0.4 is 4.74 Å². The lowest BCUT2D eigenvalue weighted by atomic mass is 9.80. The van der Waals surface area contributed by atoms with Crippen molar-refractivity contribution in [3.63, 3.8) is 0 Å². The molecular formula is C21H29NO4. The minimum Gasteiger partial charge on any atom is -0.497 e. The van der Waals surface area contributed by atoms with Crippen molar-refractivity contribution in [2.24, 2.45) is 5.92 Å². The van der Waals surface area contributed by atoms with Crippen LogP contribution in [0.3, 0.4) is 0 Å². The molecule has 1 fully saturated rings. The molecule has 0 bridgehead atoms. The zero-order valence-electron chi connectivity index (χ0n) is 15.8. The van der Waals surface area contributed by atoms with Gasteiger partial charge in [0.1, 0.15) is 5.75 Å². The van der Waals surface area contributed by atoms with Crippen molar-refractivity contribution in [3.8, 4) is 5.75 Å². The van der Waals surface area contributed by atoms with E-state index in [-0.39, 0.29) is 17.8 Å². The Morgan fingerprint density at radius 2 is 1.96 bits per heavy atom. The molecule has 5 nitrogen and oxygen atoms in total. The Morgan fingerprint density at radius 3 is 2.65 bits per heavy atom. The van der Waals surface area contributed by atoms with Crippen LogP contribution in [0.25, 0.3) is 0 Å². The molecule has 1 aromatic carbocycles. The molecule has 0 N–H and O–H groups in total. The van der Waals surface area contributed by atoms with Gasteiger partial charge in [-0.15, -0.1) is 0 Å². The van der Waals surface area contributed by atoms with Crippen LogP contribution >= 0.6 is 0 Å². The molecule has 0 saturated carbocycles. The van der Waals surface area contributed by atoms with Gasteiger partial charge in [0.15, 0.2) is 0 Å². The number of likely N-dealkylation sites (tertiary alicyclic amines) is 1. The van der Waals surface area contributed by atoms with Gasteiger partial charge in [-0.25, -0.2) is 0 Å². The Morgan fingerprint density at radius 1 is 1.19 bits per heavy atom. The molecule has 3 rings (SSSR count). The van der Waals surface area contributed by atoms with E-state index in [9.17, 15) is 9.59 Å². The van der Waals surface area contributed by atoms with Gasteiger partial charge >= 0.3 is 5.97 Å². The molecule has 1 atom stereocenters. The lowest BCUT2D eigenvalue weighted by molar-refractivity contribution is -0.151. The molecule has 0 aromatic heterocycles. The Labute approximate surface area is 155 Å². The highest BCUT2D eigenvalue weighted by Crippen LogP contribution is 2.36. The zero-order chi connectivity index (χ0) is 18.5. The number of carbonyl (C=O) groups excluding carboxylic acids is 2. The monoisotopic (exact) mass is 359 g/mol. The molecule has 26 heavy (non-hydrogen) atoms. The summed E-state index contributed by atoms with van der Waals surface area (Å²) < 4.78 is 10.4. The van der Waals surface area contributed by atoms with Crippen molar-refractivity contribution in [1.82, 2.24) is 4.90 Å². The smallest absolute Gasteiger partial charge is 0.309 e. The number of hydrogen-bond donors (Lipinski definition) is 0. The van der Waals surface area contributed by atoms with Gasteiger partial charge in [-0.2, -0.15) is 0 Å². The normalized spacial score (nSPS) is 20.4. The van der Waals surface area contributed by atoms with Crippen LogP contribution in [-0.2, 0) is 20.7 Å². The van der Waals surface area contributed by atoms with Gasteiger partial charge in [0.25, 0.3) is 0 Å². The number of piperidine rings is 1. The first-order chi connectivity index (χ1) is 12.6. The second kappa shape index (κ2) is 8.56. The van der Waals surface area contributed by atoms with Crippen molar-refractivity contribution in [2.45, 2.75) is 51.4 Å². The predicted octanol–water partition coefficient (Wildman–Crippen LogP) is 3.31. The highest BCUT2D eigenvalue weighted by atomic mass is 16.5. The van der Waals surface area contributed by atoms with Gasteiger partial charge in [0.2, 0.25) is 5.91 Å². The number of methoxy groups -OCH3 is 1. The Balaban J connectivity index is 1.57. The maximum Gasteiger partial charge on any atom is 0.309 e. The summed E-state index contributed by atoms with van der Waals surface area (Å²) >= 11 is 0. The lowest BCUT2D eigenvalue weighted by Gasteiger charge is -2.33. The first-order valence-corrected chi connectivity index (χ1v) is 9.73. The number of ether oxygens (including phenoxy) is 2. The predicted molar refractivity (Wildman–Crippen MR) is 99.2 cm³/mol. The number of carbonyl (C=O) groups is 2. The minimum atomic E-state index is -0.116. The van der Waals surface area contributed by atoms with Gasteiger partial charge in [0, 0.05) is 19.5 Å². The van der Waals surface area contributed by atoms with E-state index in [1.807, 2.05) is 17.9 Å². The molecule has 0 radical (unpaired) electrons. The fourth-order valence-corrected chi connectivity index (χ4v) is 4.19. The molecule has 1 aliphatic carbocycles. The third-order valence-electron chi connectivity index (χ3n) is 5.68. The first kappa shape index (κ1) is 18.7. The molecule has 1 heterocycles. The second-order valence-electron chi connectivity index (χ2n) is 7.27. The topological polar surface area (TPSA) is 55.8 Å². The van der Waals surface area contributed by atoms with Crippen molar-refractivity contribution in [1.29, 1.82) is 0 Å². The fourth-order valence-electron chi connectivity index (χ4n) is 4.19. The average molecular weight is 359 g/mol. The molecule has 5 heteroatoms. The summed E-state index contributed by atoms with van der Waals surface area (Å²) in [7, 11) is 1.69. The molecular weight excluding hydrogens is 330 g/mol. The third-order valence-corrected chi connectivity index (χ3v) is 5.68. The number of hydrogen-bond acceptors (Lipinski definition) is 4. The van der Waals surface area contributed by atoms with Crippen LogP contribution in [0.4, 0.5) is 0 Å². The van der Waals surface area contributed by atoms with Crippen molar-refractivity contribution in [3.05, 3.63) is 29.3 Å². The second-order valence-corrected chi connectivity index (χ2v) is 7.27. The largest absolute Gasteiger partial charge is 0.497 e. The van der Waals surface area contributed by atoms with E-state index < -0.39 is 0 Å². The van der Waals surface area contributed by atoms with Crippen LogP contribution in [-0.4, -0.2) is 43.6 Å². The molecule has 1 saturated heterocycles. The SMILES string of the molecule is CCOC(=O)C1CCN(C(=O)CC2CCCc3cc(OC)ccc32)CC1. The van der Waals surface area contributed by atoms with Crippen molar-refractivity contribution >= 4 is 11.9 Å². The molecule has 1 amide bonds. The van der Waals surface area contributed by atoms with Crippen LogP contribution in [0, 0.1) is 5.92 Å². The summed E-state index contributed by atoms with van der Waals surface area (Å²) in [6, 6.07) is 6.22. The summed E-state index contributed by atoms with van der Waals surface area (Å²) in [4.78, 5) is 26.6. The number of aryl methyl sites for hydroxylation is 1. The maximum atomic E-state index is 12.8. The van der Waals surface area contributed by atoms with E-state index in [0.29, 0.717) is 44.9 Å². The molecule has 2 aliphatic rings. The van der Waals surface area contributed by atoms with E-state index in [4.69, 9.17) is 9.47 Å². The average Bonchev–Trinajstić information content (AvgIpc) is 2.68. The summed E-state index contributed by atoms with van der Waals surface area (Å²) in [6.07, 6.45) is 5.21. The molecule has 0 spiro atoms. The number of esters is 1. The maximum absolute atomic E-state index is 12.8. The third kappa shape index (κ3) is 4.19. The summed E-state index contributed by atoms with van der Waals surface area (Å²) in [5, 5.41) is 0.